The fraction of sp³-hybridized carbons (Fsp3) is 0.188. The normalized spacial score (nSPS) is 17.9. The van der Waals surface area contributed by atoms with Crippen LogP contribution in [0.15, 0.2) is 54.6 Å². The molecular weight excluding hydrogens is 268 g/mol. The molecule has 106 valence electrons. The highest BCUT2D eigenvalue weighted by atomic mass is 16.6. The number of carbonyl (C=O) groups excluding carboxylic acids is 1. The predicted octanol–water partition coefficient (Wildman–Crippen LogP) is 2.78. The number of carbonyl (C=O) groups is 1. The first-order valence-electron chi connectivity index (χ1n) is 6.73. The second-order valence-corrected chi connectivity index (χ2v) is 5.09. The SMILES string of the molecule is O=C1Nc2ccccc2[C@@H]1[C@H](C[N+](=O)[O-])c1ccccc1. The van der Waals surface area contributed by atoms with Crippen LogP contribution in [0, 0.1) is 10.1 Å². The Morgan fingerprint density at radius 2 is 1.76 bits per heavy atom. The van der Waals surface area contributed by atoms with Gasteiger partial charge in [-0.05, 0) is 17.2 Å². The molecule has 0 aromatic heterocycles. The van der Waals surface area contributed by atoms with Crippen molar-refractivity contribution in [2.24, 2.45) is 0 Å². The van der Waals surface area contributed by atoms with Gasteiger partial charge in [0.15, 0.2) is 0 Å². The Morgan fingerprint density at radius 1 is 1.10 bits per heavy atom. The van der Waals surface area contributed by atoms with Crippen molar-refractivity contribution in [1.82, 2.24) is 0 Å². The summed E-state index contributed by atoms with van der Waals surface area (Å²) >= 11 is 0. The molecular formula is C16H14N2O3. The van der Waals surface area contributed by atoms with Crippen LogP contribution in [0.3, 0.4) is 0 Å². The maximum atomic E-state index is 12.3. The Bertz CT molecular complexity index is 685. The number of rotatable bonds is 4. The molecule has 0 bridgehead atoms. The lowest BCUT2D eigenvalue weighted by molar-refractivity contribution is -0.483. The number of anilines is 1. The summed E-state index contributed by atoms with van der Waals surface area (Å²) < 4.78 is 0. The molecule has 0 unspecified atom stereocenters. The van der Waals surface area contributed by atoms with E-state index in [1.54, 1.807) is 0 Å². The number of nitrogens with zero attached hydrogens (tertiary/aromatic N) is 1. The summed E-state index contributed by atoms with van der Waals surface area (Å²) in [6.45, 7) is -0.267. The van der Waals surface area contributed by atoms with Gasteiger partial charge >= 0.3 is 0 Å². The van der Waals surface area contributed by atoms with E-state index >= 15 is 0 Å². The highest BCUT2D eigenvalue weighted by molar-refractivity contribution is 6.03. The Balaban J connectivity index is 2.05. The first-order valence-corrected chi connectivity index (χ1v) is 6.73. The summed E-state index contributed by atoms with van der Waals surface area (Å²) in [5.74, 6) is -1.16. The number of para-hydroxylation sites is 1. The minimum absolute atomic E-state index is 0.174. The number of amides is 1. The van der Waals surface area contributed by atoms with Crippen LogP contribution < -0.4 is 5.32 Å². The quantitative estimate of drug-likeness (QED) is 0.692. The first kappa shape index (κ1) is 13.3. The molecule has 0 fully saturated rings. The van der Waals surface area contributed by atoms with Crippen LogP contribution in [-0.4, -0.2) is 17.4 Å². The van der Waals surface area contributed by atoms with Gasteiger partial charge in [0, 0.05) is 10.6 Å². The maximum Gasteiger partial charge on any atom is 0.232 e. The van der Waals surface area contributed by atoms with Crippen LogP contribution in [0.4, 0.5) is 5.69 Å². The summed E-state index contributed by atoms with van der Waals surface area (Å²) in [6, 6.07) is 16.6. The Morgan fingerprint density at radius 3 is 2.48 bits per heavy atom. The molecule has 1 aliphatic rings. The average molecular weight is 282 g/mol. The molecule has 5 heteroatoms. The average Bonchev–Trinajstić information content (AvgIpc) is 2.81. The summed E-state index contributed by atoms with van der Waals surface area (Å²) in [5, 5.41) is 13.8. The van der Waals surface area contributed by atoms with E-state index in [2.05, 4.69) is 5.32 Å². The molecule has 1 heterocycles. The number of hydrogen-bond donors (Lipinski definition) is 1. The lowest BCUT2D eigenvalue weighted by atomic mass is 9.82. The zero-order valence-electron chi connectivity index (χ0n) is 11.2. The van der Waals surface area contributed by atoms with Gasteiger partial charge in [0.2, 0.25) is 12.5 Å². The van der Waals surface area contributed by atoms with Crippen molar-refractivity contribution in [3.63, 3.8) is 0 Å². The largest absolute Gasteiger partial charge is 0.325 e. The van der Waals surface area contributed by atoms with Gasteiger partial charge in [0.1, 0.15) is 0 Å². The topological polar surface area (TPSA) is 72.2 Å². The number of nitro groups is 1. The standard InChI is InChI=1S/C16H14N2O3/c19-16-15(12-8-4-5-9-14(12)17-16)13(10-18(20)21)11-6-2-1-3-7-11/h1-9,13,15H,10H2,(H,17,19)/t13-,15-/m1/s1. The predicted molar refractivity (Wildman–Crippen MR) is 78.9 cm³/mol. The fourth-order valence-corrected chi connectivity index (χ4v) is 2.90. The third-order valence-electron chi connectivity index (χ3n) is 3.81. The summed E-state index contributed by atoms with van der Waals surface area (Å²) in [7, 11) is 0. The van der Waals surface area contributed by atoms with Gasteiger partial charge in [-0.2, -0.15) is 0 Å². The summed E-state index contributed by atoms with van der Waals surface area (Å²) in [5.41, 5.74) is 2.39. The highest BCUT2D eigenvalue weighted by Crippen LogP contribution is 2.41. The van der Waals surface area contributed by atoms with E-state index < -0.39 is 11.8 Å². The van der Waals surface area contributed by atoms with E-state index in [-0.39, 0.29) is 17.4 Å². The molecule has 1 aliphatic heterocycles. The van der Waals surface area contributed by atoms with Gasteiger partial charge in [-0.3, -0.25) is 14.9 Å². The minimum Gasteiger partial charge on any atom is -0.325 e. The fourth-order valence-electron chi connectivity index (χ4n) is 2.90. The highest BCUT2D eigenvalue weighted by Gasteiger charge is 2.39. The smallest absolute Gasteiger partial charge is 0.232 e. The van der Waals surface area contributed by atoms with Gasteiger partial charge in [0.25, 0.3) is 0 Å². The first-order chi connectivity index (χ1) is 10.2. The van der Waals surface area contributed by atoms with Crippen LogP contribution in [0.5, 0.6) is 0 Å². The van der Waals surface area contributed by atoms with Gasteiger partial charge in [-0.1, -0.05) is 48.5 Å². The molecule has 0 aliphatic carbocycles. The van der Waals surface area contributed by atoms with Gasteiger partial charge in [0.05, 0.1) is 11.8 Å². The minimum atomic E-state index is -0.519. The molecule has 2 aromatic rings. The molecule has 0 spiro atoms. The van der Waals surface area contributed by atoms with Crippen molar-refractivity contribution in [2.75, 3.05) is 11.9 Å². The molecule has 5 nitrogen and oxygen atoms in total. The van der Waals surface area contributed by atoms with Crippen molar-refractivity contribution in [3.05, 3.63) is 75.8 Å². The van der Waals surface area contributed by atoms with Crippen molar-refractivity contribution in [1.29, 1.82) is 0 Å². The number of hydrogen-bond acceptors (Lipinski definition) is 3. The van der Waals surface area contributed by atoms with Gasteiger partial charge in [-0.25, -0.2) is 0 Å². The van der Waals surface area contributed by atoms with E-state index in [0.717, 1.165) is 16.8 Å². The van der Waals surface area contributed by atoms with Crippen LogP contribution in [-0.2, 0) is 4.79 Å². The number of fused-ring (bicyclic) bond motifs is 1. The summed E-state index contributed by atoms with van der Waals surface area (Å²) in [4.78, 5) is 23.0. The van der Waals surface area contributed by atoms with Crippen LogP contribution in [0.1, 0.15) is 23.0 Å². The van der Waals surface area contributed by atoms with Crippen molar-refractivity contribution in [2.45, 2.75) is 11.8 Å². The van der Waals surface area contributed by atoms with Crippen molar-refractivity contribution in [3.8, 4) is 0 Å². The molecule has 1 N–H and O–H groups in total. The molecule has 2 atom stereocenters. The third-order valence-corrected chi connectivity index (χ3v) is 3.81. The molecule has 3 rings (SSSR count). The van der Waals surface area contributed by atoms with Crippen molar-refractivity contribution < 1.29 is 9.72 Å². The zero-order valence-corrected chi connectivity index (χ0v) is 11.2. The maximum absolute atomic E-state index is 12.3. The molecule has 0 saturated carbocycles. The van der Waals surface area contributed by atoms with E-state index in [9.17, 15) is 14.9 Å². The van der Waals surface area contributed by atoms with Crippen LogP contribution >= 0.6 is 0 Å². The molecule has 0 saturated heterocycles. The van der Waals surface area contributed by atoms with Crippen LogP contribution in [0.2, 0.25) is 0 Å². The third kappa shape index (κ3) is 2.50. The molecule has 21 heavy (non-hydrogen) atoms. The number of benzene rings is 2. The van der Waals surface area contributed by atoms with E-state index in [1.807, 2.05) is 54.6 Å². The van der Waals surface area contributed by atoms with Gasteiger partial charge in [-0.15, -0.1) is 0 Å². The van der Waals surface area contributed by atoms with E-state index in [0.29, 0.717) is 0 Å². The summed E-state index contributed by atoms with van der Waals surface area (Å²) in [6.07, 6.45) is 0. The molecule has 2 aromatic carbocycles. The monoisotopic (exact) mass is 282 g/mol. The lowest BCUT2D eigenvalue weighted by Gasteiger charge is -2.19. The lowest BCUT2D eigenvalue weighted by Crippen LogP contribution is -2.25. The van der Waals surface area contributed by atoms with Gasteiger partial charge < -0.3 is 5.32 Å². The Kier molecular flexibility index (Phi) is 3.39. The van der Waals surface area contributed by atoms with E-state index in [4.69, 9.17) is 0 Å². The zero-order chi connectivity index (χ0) is 14.8. The number of nitrogens with one attached hydrogen (secondary N) is 1. The molecule has 1 amide bonds. The van der Waals surface area contributed by atoms with Crippen molar-refractivity contribution >= 4 is 11.6 Å². The molecule has 0 radical (unpaired) electrons. The second-order valence-electron chi connectivity index (χ2n) is 5.09. The van der Waals surface area contributed by atoms with E-state index in [1.165, 1.54) is 0 Å². The second kappa shape index (κ2) is 5.36. The van der Waals surface area contributed by atoms with Crippen LogP contribution in [0.25, 0.3) is 0 Å². The Labute approximate surface area is 121 Å². The Hall–Kier alpha value is -2.69.